The first-order valence-corrected chi connectivity index (χ1v) is 5.10. The van der Waals surface area contributed by atoms with E-state index in [4.69, 9.17) is 14.6 Å². The average molecular weight is 214 g/mol. The molecule has 1 aliphatic rings. The summed E-state index contributed by atoms with van der Waals surface area (Å²) in [5.74, 6) is -1.67. The molecule has 0 amide bonds. The van der Waals surface area contributed by atoms with Gasteiger partial charge in [0.1, 0.15) is 0 Å². The summed E-state index contributed by atoms with van der Waals surface area (Å²) in [7, 11) is 0. The topological polar surface area (TPSA) is 55.8 Å². The largest absolute Gasteiger partial charge is 0.478 e. The summed E-state index contributed by atoms with van der Waals surface area (Å²) in [6, 6.07) is 1.60. The number of rotatable bonds is 2. The Morgan fingerprint density at radius 1 is 1.57 bits per heavy atom. The Morgan fingerprint density at radius 3 is 2.71 bits per heavy atom. The molecule has 5 heteroatoms. The van der Waals surface area contributed by atoms with Crippen molar-refractivity contribution < 1.29 is 19.4 Å². The number of thiophene rings is 1. The summed E-state index contributed by atoms with van der Waals surface area (Å²) in [6.45, 7) is 2.91. The van der Waals surface area contributed by atoms with Gasteiger partial charge < -0.3 is 14.6 Å². The molecule has 1 fully saturated rings. The number of aromatic carboxylic acids is 1. The molecular weight excluding hydrogens is 204 g/mol. The average Bonchev–Trinajstić information content (AvgIpc) is 2.71. The van der Waals surface area contributed by atoms with Crippen LogP contribution in [0.2, 0.25) is 0 Å². The fraction of sp³-hybridized carbons (Fsp3) is 0.444. The van der Waals surface area contributed by atoms with E-state index in [1.807, 2.05) is 0 Å². The maximum atomic E-state index is 10.7. The lowest BCUT2D eigenvalue weighted by Crippen LogP contribution is -2.20. The maximum absolute atomic E-state index is 10.7. The van der Waals surface area contributed by atoms with Gasteiger partial charge in [-0.3, -0.25) is 0 Å². The molecule has 1 aromatic rings. The van der Waals surface area contributed by atoms with E-state index >= 15 is 0 Å². The summed E-state index contributed by atoms with van der Waals surface area (Å²) in [5, 5.41) is 10.3. The lowest BCUT2D eigenvalue weighted by molar-refractivity contribution is -0.146. The van der Waals surface area contributed by atoms with Gasteiger partial charge in [-0.1, -0.05) is 0 Å². The molecule has 0 atom stereocenters. The Balaban J connectivity index is 2.28. The molecule has 4 nitrogen and oxygen atoms in total. The highest BCUT2D eigenvalue weighted by atomic mass is 32.1. The smallest absolute Gasteiger partial charge is 0.336 e. The van der Waals surface area contributed by atoms with E-state index in [1.165, 1.54) is 11.3 Å². The molecular formula is C9H10O4S. The quantitative estimate of drug-likeness (QED) is 0.813. The molecule has 76 valence electrons. The lowest BCUT2D eigenvalue weighted by Gasteiger charge is -2.19. The van der Waals surface area contributed by atoms with Gasteiger partial charge in [0.25, 0.3) is 0 Å². The second kappa shape index (κ2) is 3.34. The Morgan fingerprint density at radius 2 is 2.21 bits per heavy atom. The summed E-state index contributed by atoms with van der Waals surface area (Å²) in [4.78, 5) is 11.5. The number of hydrogen-bond donors (Lipinski definition) is 1. The van der Waals surface area contributed by atoms with E-state index in [-0.39, 0.29) is 5.56 Å². The predicted octanol–water partition coefficient (Wildman–Crippen LogP) is 1.67. The van der Waals surface area contributed by atoms with Crippen LogP contribution in [0, 0.1) is 0 Å². The van der Waals surface area contributed by atoms with Crippen molar-refractivity contribution >= 4 is 17.3 Å². The Bertz CT molecular complexity index is 351. The van der Waals surface area contributed by atoms with Gasteiger partial charge in [-0.25, -0.2) is 4.79 Å². The zero-order valence-electron chi connectivity index (χ0n) is 7.65. The molecule has 2 rings (SSSR count). The van der Waals surface area contributed by atoms with Gasteiger partial charge >= 0.3 is 5.97 Å². The van der Waals surface area contributed by atoms with Crippen molar-refractivity contribution in [2.75, 3.05) is 13.2 Å². The number of hydrogen-bond acceptors (Lipinski definition) is 4. The van der Waals surface area contributed by atoms with Gasteiger partial charge in [-0.05, 0) is 13.0 Å². The molecule has 0 unspecified atom stereocenters. The van der Waals surface area contributed by atoms with Crippen molar-refractivity contribution in [3.05, 3.63) is 21.9 Å². The summed E-state index contributed by atoms with van der Waals surface area (Å²) >= 11 is 1.34. The van der Waals surface area contributed by atoms with Crippen molar-refractivity contribution in [3.8, 4) is 0 Å². The molecule has 1 aromatic heterocycles. The minimum absolute atomic E-state index is 0.283. The van der Waals surface area contributed by atoms with Gasteiger partial charge in [0.2, 0.25) is 5.79 Å². The van der Waals surface area contributed by atoms with Crippen LogP contribution in [-0.4, -0.2) is 24.3 Å². The van der Waals surface area contributed by atoms with Crippen molar-refractivity contribution in [2.45, 2.75) is 12.7 Å². The molecule has 1 aliphatic heterocycles. The van der Waals surface area contributed by atoms with Crippen LogP contribution >= 0.6 is 11.3 Å². The molecule has 0 spiro atoms. The normalized spacial score (nSPS) is 19.8. The van der Waals surface area contributed by atoms with Crippen LogP contribution in [0.1, 0.15) is 22.2 Å². The monoisotopic (exact) mass is 214 g/mol. The van der Waals surface area contributed by atoms with Crippen LogP contribution in [0.25, 0.3) is 0 Å². The molecule has 0 aromatic carbocycles. The first-order valence-electron chi connectivity index (χ1n) is 4.22. The van der Waals surface area contributed by atoms with E-state index < -0.39 is 11.8 Å². The third-order valence-electron chi connectivity index (χ3n) is 2.13. The number of carbonyl (C=O) groups is 1. The highest BCUT2D eigenvalue weighted by molar-refractivity contribution is 7.10. The van der Waals surface area contributed by atoms with E-state index in [9.17, 15) is 4.79 Å². The molecule has 0 saturated carbocycles. The number of carboxylic acids is 1. The molecule has 14 heavy (non-hydrogen) atoms. The van der Waals surface area contributed by atoms with Gasteiger partial charge in [-0.2, -0.15) is 0 Å². The van der Waals surface area contributed by atoms with Crippen molar-refractivity contribution in [2.24, 2.45) is 0 Å². The van der Waals surface area contributed by atoms with Crippen molar-refractivity contribution in [3.63, 3.8) is 0 Å². The summed E-state index contributed by atoms with van der Waals surface area (Å²) in [5.41, 5.74) is 0.283. The van der Waals surface area contributed by atoms with E-state index in [2.05, 4.69) is 0 Å². The van der Waals surface area contributed by atoms with E-state index in [1.54, 1.807) is 18.4 Å². The zero-order valence-corrected chi connectivity index (χ0v) is 8.47. The minimum atomic E-state index is -0.922. The minimum Gasteiger partial charge on any atom is -0.478 e. The Labute approximate surface area is 85.1 Å². The molecule has 0 radical (unpaired) electrons. The summed E-state index contributed by atoms with van der Waals surface area (Å²) in [6.07, 6.45) is 0. The Kier molecular flexibility index (Phi) is 2.30. The van der Waals surface area contributed by atoms with Crippen LogP contribution in [0.3, 0.4) is 0 Å². The molecule has 1 saturated heterocycles. The van der Waals surface area contributed by atoms with Crippen LogP contribution in [0.4, 0.5) is 0 Å². The highest BCUT2D eigenvalue weighted by Gasteiger charge is 2.34. The van der Waals surface area contributed by atoms with Gasteiger partial charge in [0.05, 0.1) is 23.7 Å². The fourth-order valence-electron chi connectivity index (χ4n) is 1.34. The van der Waals surface area contributed by atoms with E-state index in [0.717, 1.165) is 4.88 Å². The van der Waals surface area contributed by atoms with Crippen LogP contribution in [0.5, 0.6) is 0 Å². The third kappa shape index (κ3) is 1.54. The van der Waals surface area contributed by atoms with Crippen molar-refractivity contribution in [1.82, 2.24) is 0 Å². The zero-order chi connectivity index (χ0) is 10.2. The first-order chi connectivity index (χ1) is 6.62. The van der Waals surface area contributed by atoms with Crippen LogP contribution in [-0.2, 0) is 15.3 Å². The SMILES string of the molecule is CC1(c2cc(C(=O)O)cs2)OCCO1. The Hall–Kier alpha value is -0.910. The molecule has 1 N–H and O–H groups in total. The van der Waals surface area contributed by atoms with Gasteiger partial charge in [0, 0.05) is 5.38 Å². The van der Waals surface area contributed by atoms with Gasteiger partial charge in [-0.15, -0.1) is 11.3 Å². The van der Waals surface area contributed by atoms with E-state index in [0.29, 0.717) is 13.2 Å². The van der Waals surface area contributed by atoms with Crippen LogP contribution in [0.15, 0.2) is 11.4 Å². The van der Waals surface area contributed by atoms with Crippen LogP contribution < -0.4 is 0 Å². The molecule has 2 heterocycles. The second-order valence-electron chi connectivity index (χ2n) is 3.15. The molecule has 0 bridgehead atoms. The van der Waals surface area contributed by atoms with Crippen molar-refractivity contribution in [1.29, 1.82) is 0 Å². The first kappa shape index (κ1) is 9.64. The predicted molar refractivity (Wildman–Crippen MR) is 50.5 cm³/mol. The molecule has 0 aliphatic carbocycles. The highest BCUT2D eigenvalue weighted by Crippen LogP contribution is 2.34. The maximum Gasteiger partial charge on any atom is 0.336 e. The number of ether oxygens (including phenoxy) is 2. The number of carboxylic acid groups (broad SMARTS) is 1. The lowest BCUT2D eigenvalue weighted by atomic mass is 10.2. The summed E-state index contributed by atoms with van der Waals surface area (Å²) < 4.78 is 10.8. The fourth-order valence-corrected chi connectivity index (χ4v) is 2.29. The standard InChI is InChI=1S/C9H10O4S/c1-9(12-2-3-13-9)7-4-6(5-14-7)8(10)11/h4-5H,2-3H2,1H3,(H,10,11). The van der Waals surface area contributed by atoms with Gasteiger partial charge in [0.15, 0.2) is 0 Å². The third-order valence-corrected chi connectivity index (χ3v) is 3.25. The second-order valence-corrected chi connectivity index (χ2v) is 4.06.